The molecule has 8 nitrogen and oxygen atoms in total. The van der Waals surface area contributed by atoms with Crippen molar-refractivity contribution >= 4 is 12.4 Å². The fraction of sp³-hybridized carbons (Fsp3) is 0.737. The van der Waals surface area contributed by atoms with Gasteiger partial charge in [0.25, 0.3) is 6.47 Å². The number of carboxylic acid groups (broad SMARTS) is 1. The number of ether oxygens (including phenoxy) is 1. The van der Waals surface area contributed by atoms with E-state index in [9.17, 15) is 4.79 Å². The monoisotopic (exact) mass is 379 g/mol. The summed E-state index contributed by atoms with van der Waals surface area (Å²) in [6, 6.07) is 2.28. The van der Waals surface area contributed by atoms with Gasteiger partial charge in [0.2, 0.25) is 5.91 Å². The first kappa shape index (κ1) is 19.8. The van der Waals surface area contributed by atoms with Crippen molar-refractivity contribution in [2.75, 3.05) is 20.2 Å². The van der Waals surface area contributed by atoms with E-state index in [1.54, 1.807) is 14.0 Å². The van der Waals surface area contributed by atoms with Crippen molar-refractivity contribution in [2.24, 2.45) is 11.8 Å². The van der Waals surface area contributed by atoms with E-state index in [-0.39, 0.29) is 24.5 Å². The Morgan fingerprint density at radius 1 is 1.41 bits per heavy atom. The normalized spacial score (nSPS) is 30.1. The molecule has 1 saturated heterocycles. The number of amides is 1. The highest BCUT2D eigenvalue weighted by atomic mass is 16.5. The molecule has 1 amide bonds. The number of aromatic nitrogens is 1. The zero-order valence-electron chi connectivity index (χ0n) is 16.0. The quantitative estimate of drug-likeness (QED) is 0.749. The van der Waals surface area contributed by atoms with E-state index in [0.717, 1.165) is 43.9 Å². The molecular formula is C19H29N3O5. The van der Waals surface area contributed by atoms with Gasteiger partial charge in [0.05, 0.1) is 17.8 Å². The Morgan fingerprint density at radius 3 is 2.67 bits per heavy atom. The highest BCUT2D eigenvalue weighted by Crippen LogP contribution is 2.41. The highest BCUT2D eigenvalue weighted by molar-refractivity contribution is 5.73. The van der Waals surface area contributed by atoms with Gasteiger partial charge in [0.15, 0.2) is 0 Å². The minimum absolute atomic E-state index is 0.0329. The zero-order valence-corrected chi connectivity index (χ0v) is 16.0. The van der Waals surface area contributed by atoms with E-state index < -0.39 is 0 Å². The molecule has 0 radical (unpaired) electrons. The lowest BCUT2D eigenvalue weighted by molar-refractivity contribution is -0.123. The van der Waals surface area contributed by atoms with Crippen molar-refractivity contribution < 1.29 is 24.0 Å². The Labute approximate surface area is 159 Å². The second-order valence-electron chi connectivity index (χ2n) is 7.87. The van der Waals surface area contributed by atoms with Crippen LogP contribution in [0.2, 0.25) is 0 Å². The van der Waals surface area contributed by atoms with Crippen LogP contribution >= 0.6 is 0 Å². The van der Waals surface area contributed by atoms with Crippen molar-refractivity contribution in [3.8, 4) is 0 Å². The van der Waals surface area contributed by atoms with E-state index in [4.69, 9.17) is 19.2 Å². The predicted octanol–water partition coefficient (Wildman–Crippen LogP) is 1.61. The Morgan fingerprint density at radius 2 is 2.07 bits per heavy atom. The number of carbonyl (C=O) groups excluding carboxylic acids is 1. The molecule has 27 heavy (non-hydrogen) atoms. The molecule has 8 heteroatoms. The number of nitrogens with one attached hydrogen (secondary N) is 1. The summed E-state index contributed by atoms with van der Waals surface area (Å²) in [6.07, 6.45) is 4.64. The van der Waals surface area contributed by atoms with Gasteiger partial charge in [-0.25, -0.2) is 0 Å². The Hall–Kier alpha value is -1.93. The Balaban J connectivity index is 0.000000659. The van der Waals surface area contributed by atoms with Gasteiger partial charge < -0.3 is 19.7 Å². The summed E-state index contributed by atoms with van der Waals surface area (Å²) < 4.78 is 11.1. The van der Waals surface area contributed by atoms with Crippen LogP contribution in [-0.4, -0.2) is 59.9 Å². The van der Waals surface area contributed by atoms with Crippen LogP contribution in [0.5, 0.6) is 0 Å². The lowest BCUT2D eigenvalue weighted by atomic mass is 9.77. The zero-order chi connectivity index (χ0) is 19.4. The third-order valence-electron chi connectivity index (χ3n) is 5.83. The summed E-state index contributed by atoms with van der Waals surface area (Å²) in [4.78, 5) is 22.3. The van der Waals surface area contributed by atoms with Crippen LogP contribution in [0.1, 0.15) is 50.0 Å². The van der Waals surface area contributed by atoms with Gasteiger partial charge in [-0.15, -0.1) is 0 Å². The Bertz CT molecular complexity index is 645. The minimum Gasteiger partial charge on any atom is -0.483 e. The van der Waals surface area contributed by atoms with Crippen LogP contribution in [0.4, 0.5) is 0 Å². The first-order chi connectivity index (χ1) is 13.0. The molecule has 150 valence electrons. The van der Waals surface area contributed by atoms with Gasteiger partial charge in [0, 0.05) is 45.7 Å². The first-order valence-electron chi connectivity index (χ1n) is 9.59. The maximum atomic E-state index is 11.4. The molecule has 3 fully saturated rings. The molecule has 3 aliphatic rings. The topological polar surface area (TPSA) is 105 Å². The molecule has 1 aliphatic heterocycles. The van der Waals surface area contributed by atoms with E-state index in [2.05, 4.69) is 21.4 Å². The molecule has 0 aromatic carbocycles. The van der Waals surface area contributed by atoms with Crippen LogP contribution in [0.3, 0.4) is 0 Å². The largest absolute Gasteiger partial charge is 0.483 e. The predicted molar refractivity (Wildman–Crippen MR) is 97.1 cm³/mol. The van der Waals surface area contributed by atoms with Crippen LogP contribution in [0.15, 0.2) is 10.6 Å². The van der Waals surface area contributed by atoms with E-state index in [1.807, 2.05) is 0 Å². The van der Waals surface area contributed by atoms with Gasteiger partial charge in [0.1, 0.15) is 5.76 Å². The van der Waals surface area contributed by atoms with Crippen molar-refractivity contribution in [3.63, 3.8) is 0 Å². The van der Waals surface area contributed by atoms with Gasteiger partial charge >= 0.3 is 0 Å². The number of hydrogen-bond acceptors (Lipinski definition) is 6. The molecule has 4 atom stereocenters. The molecule has 0 unspecified atom stereocenters. The molecule has 0 spiro atoms. The molecule has 2 aliphatic carbocycles. The highest BCUT2D eigenvalue weighted by Gasteiger charge is 2.42. The smallest absolute Gasteiger partial charge is 0.290 e. The molecule has 0 bridgehead atoms. The van der Waals surface area contributed by atoms with E-state index in [0.29, 0.717) is 17.8 Å². The van der Waals surface area contributed by atoms with Gasteiger partial charge in [-0.3, -0.25) is 14.5 Å². The summed E-state index contributed by atoms with van der Waals surface area (Å²) in [6.45, 7) is 4.36. The van der Waals surface area contributed by atoms with E-state index >= 15 is 0 Å². The van der Waals surface area contributed by atoms with Gasteiger partial charge in [-0.1, -0.05) is 5.16 Å². The third kappa shape index (κ3) is 5.07. The summed E-state index contributed by atoms with van der Waals surface area (Å²) in [5.74, 6) is 2.99. The summed E-state index contributed by atoms with van der Waals surface area (Å²) in [5, 5.41) is 14.2. The van der Waals surface area contributed by atoms with Crippen molar-refractivity contribution in [1.82, 2.24) is 15.4 Å². The average Bonchev–Trinajstić information content (AvgIpc) is 3.24. The second-order valence-corrected chi connectivity index (χ2v) is 7.87. The number of carbonyl (C=O) groups is 2. The number of rotatable bonds is 5. The van der Waals surface area contributed by atoms with Gasteiger partial charge in [-0.2, -0.15) is 0 Å². The average molecular weight is 379 g/mol. The molecule has 1 aromatic heterocycles. The van der Waals surface area contributed by atoms with E-state index in [1.165, 1.54) is 12.8 Å². The lowest BCUT2D eigenvalue weighted by Gasteiger charge is -2.37. The maximum Gasteiger partial charge on any atom is 0.290 e. The summed E-state index contributed by atoms with van der Waals surface area (Å²) >= 11 is 0. The molecule has 2 heterocycles. The summed E-state index contributed by atoms with van der Waals surface area (Å²) in [5.41, 5.74) is 1.05. The second kappa shape index (κ2) is 8.84. The van der Waals surface area contributed by atoms with Crippen LogP contribution in [-0.2, 0) is 20.9 Å². The first-order valence-corrected chi connectivity index (χ1v) is 9.59. The SMILES string of the molecule is CO[C@@H]1C[C@H]2CN(Cc3cc(C4CC4)on3)C[C@H]2C[C@H]1NC(C)=O.O=CO. The van der Waals surface area contributed by atoms with Gasteiger partial charge in [-0.05, 0) is 37.5 Å². The molecule has 4 rings (SSSR count). The number of hydrogen-bond donors (Lipinski definition) is 2. The minimum atomic E-state index is -0.250. The molecule has 2 N–H and O–H groups in total. The number of methoxy groups -OCH3 is 1. The van der Waals surface area contributed by atoms with Crippen molar-refractivity contribution in [1.29, 1.82) is 0 Å². The number of fused-ring (bicyclic) bond motifs is 1. The molecule has 2 saturated carbocycles. The maximum absolute atomic E-state index is 11.4. The summed E-state index contributed by atoms with van der Waals surface area (Å²) in [7, 11) is 1.75. The van der Waals surface area contributed by atoms with Crippen molar-refractivity contribution in [2.45, 2.75) is 57.2 Å². The van der Waals surface area contributed by atoms with Crippen molar-refractivity contribution in [3.05, 3.63) is 17.5 Å². The number of nitrogens with zero attached hydrogens (tertiary/aromatic N) is 2. The standard InChI is InChI=1S/C18H27N3O3.CH2O2/c1-11(22)19-16-5-13-8-21(9-14(13)6-18(16)23-2)10-15-7-17(24-20-15)12-3-4-12;2-1-3/h7,12-14,16,18H,3-6,8-10H2,1-2H3,(H,19,22);1H,(H,2,3)/t13-,14+,16-,18-;/m1./s1. The molecule has 1 aromatic rings. The van der Waals surface area contributed by atoms with Crippen LogP contribution < -0.4 is 5.32 Å². The third-order valence-corrected chi connectivity index (χ3v) is 5.83. The number of likely N-dealkylation sites (tertiary alicyclic amines) is 1. The lowest BCUT2D eigenvalue weighted by Crippen LogP contribution is -2.49. The van der Waals surface area contributed by atoms with Crippen LogP contribution in [0.25, 0.3) is 0 Å². The fourth-order valence-corrected chi connectivity index (χ4v) is 4.51. The molecular weight excluding hydrogens is 350 g/mol. The van der Waals surface area contributed by atoms with Crippen LogP contribution in [0, 0.1) is 11.8 Å². The Kier molecular flexibility index (Phi) is 6.49. The fourth-order valence-electron chi connectivity index (χ4n) is 4.51.